The summed E-state index contributed by atoms with van der Waals surface area (Å²) in [6.07, 6.45) is -1.08. The monoisotopic (exact) mass is 420 g/mol. The van der Waals surface area contributed by atoms with Crippen molar-refractivity contribution in [3.05, 3.63) is 69.0 Å². The van der Waals surface area contributed by atoms with Gasteiger partial charge in [0.25, 0.3) is 11.8 Å². The zero-order valence-corrected chi connectivity index (χ0v) is 16.6. The van der Waals surface area contributed by atoms with Crippen LogP contribution in [0.4, 0.5) is 11.4 Å². The number of aliphatic hydroxyl groups excluding tert-OH is 1. The molecule has 0 aromatic heterocycles. The number of rotatable bonds is 5. The van der Waals surface area contributed by atoms with Crippen LogP contribution in [-0.2, 0) is 4.79 Å². The lowest BCUT2D eigenvalue weighted by Gasteiger charge is -2.23. The fourth-order valence-electron chi connectivity index (χ4n) is 2.36. The fraction of sp³-hybridized carbons (Fsp3) is 0.211. The Morgan fingerprint density at radius 2 is 1.75 bits per heavy atom. The molecule has 0 aliphatic rings. The second kappa shape index (κ2) is 9.42. The molecule has 146 valence electrons. The molecule has 2 atom stereocenters. The number of nitrogens with one attached hydrogen (secondary N) is 3. The van der Waals surface area contributed by atoms with E-state index in [1.54, 1.807) is 25.1 Å². The minimum Gasteiger partial charge on any atom is -0.391 e. The maximum absolute atomic E-state index is 12.4. The van der Waals surface area contributed by atoms with Crippen LogP contribution >= 0.6 is 23.2 Å². The van der Waals surface area contributed by atoms with E-state index in [4.69, 9.17) is 29.8 Å². The van der Waals surface area contributed by atoms with E-state index in [2.05, 4.69) is 21.0 Å². The average Bonchev–Trinajstić information content (AvgIpc) is 2.67. The van der Waals surface area contributed by atoms with E-state index in [0.29, 0.717) is 21.8 Å². The molecule has 0 radical (unpaired) electrons. The second-order valence-corrected chi connectivity index (χ2v) is 6.81. The maximum atomic E-state index is 12.4. The Morgan fingerprint density at radius 3 is 2.32 bits per heavy atom. The molecule has 0 spiro atoms. The third-order valence-corrected chi connectivity index (χ3v) is 4.70. The molecular formula is C19H18Cl2N4O3. The van der Waals surface area contributed by atoms with Crippen molar-refractivity contribution in [1.29, 1.82) is 0 Å². The molecule has 0 fully saturated rings. The van der Waals surface area contributed by atoms with Gasteiger partial charge in [-0.1, -0.05) is 29.3 Å². The first-order valence-corrected chi connectivity index (χ1v) is 8.97. The zero-order chi connectivity index (χ0) is 20.8. The van der Waals surface area contributed by atoms with Crippen molar-refractivity contribution in [2.75, 3.05) is 5.32 Å². The van der Waals surface area contributed by atoms with Gasteiger partial charge < -0.3 is 10.4 Å². The number of carbonyl (C=O) groups is 2. The van der Waals surface area contributed by atoms with Gasteiger partial charge in [-0.25, -0.2) is 4.85 Å². The number of benzene rings is 2. The first kappa shape index (κ1) is 21.5. The highest BCUT2D eigenvalue weighted by Crippen LogP contribution is 2.33. The van der Waals surface area contributed by atoms with E-state index in [1.807, 2.05) is 0 Å². The van der Waals surface area contributed by atoms with Gasteiger partial charge >= 0.3 is 0 Å². The van der Waals surface area contributed by atoms with Gasteiger partial charge in [-0.05, 0) is 49.7 Å². The number of amides is 2. The van der Waals surface area contributed by atoms with Crippen LogP contribution in [-0.4, -0.2) is 29.1 Å². The summed E-state index contributed by atoms with van der Waals surface area (Å²) in [4.78, 5) is 27.8. The van der Waals surface area contributed by atoms with E-state index in [-0.39, 0.29) is 10.7 Å². The molecule has 0 aliphatic heterocycles. The molecule has 0 saturated carbocycles. The number of hydrogen-bond acceptors (Lipinski definition) is 4. The molecule has 2 amide bonds. The molecule has 2 rings (SSSR count). The van der Waals surface area contributed by atoms with Gasteiger partial charge in [-0.2, -0.15) is 0 Å². The minimum atomic E-state index is -1.08. The van der Waals surface area contributed by atoms with Gasteiger partial charge in [0.2, 0.25) is 5.69 Å². The van der Waals surface area contributed by atoms with E-state index >= 15 is 0 Å². The minimum absolute atomic E-state index is 0.265. The van der Waals surface area contributed by atoms with E-state index < -0.39 is 24.0 Å². The van der Waals surface area contributed by atoms with Crippen molar-refractivity contribution in [3.8, 4) is 0 Å². The van der Waals surface area contributed by atoms with Crippen molar-refractivity contribution >= 4 is 46.4 Å². The van der Waals surface area contributed by atoms with Crippen molar-refractivity contribution in [2.45, 2.75) is 26.0 Å². The predicted octanol–water partition coefficient (Wildman–Crippen LogP) is 3.48. The van der Waals surface area contributed by atoms with Crippen LogP contribution in [0.5, 0.6) is 0 Å². The summed E-state index contributed by atoms with van der Waals surface area (Å²) in [6.45, 7) is 10.2. The lowest BCUT2D eigenvalue weighted by Crippen LogP contribution is -2.52. The van der Waals surface area contributed by atoms with Crippen LogP contribution < -0.4 is 16.2 Å². The summed E-state index contributed by atoms with van der Waals surface area (Å²) in [7, 11) is 0. The molecule has 0 bridgehead atoms. The van der Waals surface area contributed by atoms with Crippen LogP contribution in [0.1, 0.15) is 22.8 Å². The Labute approximate surface area is 172 Å². The predicted molar refractivity (Wildman–Crippen MR) is 109 cm³/mol. The Balaban J connectivity index is 2.08. The molecule has 28 heavy (non-hydrogen) atoms. The Morgan fingerprint density at radius 1 is 1.11 bits per heavy atom. The number of hydrazine groups is 1. The molecule has 9 heteroatoms. The average molecular weight is 421 g/mol. The van der Waals surface area contributed by atoms with Crippen molar-refractivity contribution in [1.82, 2.24) is 10.9 Å². The van der Waals surface area contributed by atoms with Crippen LogP contribution in [0, 0.1) is 13.5 Å². The molecule has 2 aromatic carbocycles. The third-order valence-electron chi connectivity index (χ3n) is 3.97. The van der Waals surface area contributed by atoms with E-state index in [1.165, 1.54) is 25.1 Å². The van der Waals surface area contributed by atoms with E-state index in [9.17, 15) is 14.7 Å². The fourth-order valence-corrected chi connectivity index (χ4v) is 2.69. The Kier molecular flexibility index (Phi) is 7.24. The second-order valence-electron chi connectivity index (χ2n) is 6.00. The lowest BCUT2D eigenvalue weighted by atomic mass is 10.1. The summed E-state index contributed by atoms with van der Waals surface area (Å²) >= 11 is 11.9. The van der Waals surface area contributed by atoms with Gasteiger partial charge in [0.05, 0.1) is 17.7 Å². The molecule has 0 saturated heterocycles. The van der Waals surface area contributed by atoms with Crippen LogP contribution in [0.15, 0.2) is 36.4 Å². The first-order chi connectivity index (χ1) is 13.2. The highest BCUT2D eigenvalue weighted by Gasteiger charge is 2.25. The largest absolute Gasteiger partial charge is 0.391 e. The normalized spacial score (nSPS) is 12.4. The number of hydrogen-bond donors (Lipinski definition) is 4. The summed E-state index contributed by atoms with van der Waals surface area (Å²) < 4.78 is 0. The summed E-state index contributed by atoms with van der Waals surface area (Å²) in [5, 5.41) is 13.6. The van der Waals surface area contributed by atoms with Crippen LogP contribution in [0.25, 0.3) is 4.85 Å². The number of anilines is 1. The van der Waals surface area contributed by atoms with Crippen LogP contribution in [0.3, 0.4) is 0 Å². The SMILES string of the molecule is [C-]#[N+]c1ccc(N[C@@H](C(=O)NNC(=O)c2ccc(Cl)cc2)[C@H](C)O)c(C)c1Cl. The number of halogens is 2. The molecule has 0 aliphatic carbocycles. The van der Waals surface area contributed by atoms with Gasteiger partial charge in [-0.3, -0.25) is 20.4 Å². The van der Waals surface area contributed by atoms with E-state index in [0.717, 1.165) is 0 Å². The maximum Gasteiger partial charge on any atom is 0.269 e. The highest BCUT2D eigenvalue weighted by atomic mass is 35.5. The van der Waals surface area contributed by atoms with Crippen molar-refractivity contribution in [2.24, 2.45) is 0 Å². The van der Waals surface area contributed by atoms with Crippen molar-refractivity contribution < 1.29 is 14.7 Å². The quantitative estimate of drug-likeness (QED) is 0.439. The number of aliphatic hydroxyl groups is 1. The number of nitrogens with zero attached hydrogens (tertiary/aromatic N) is 1. The first-order valence-electron chi connectivity index (χ1n) is 8.21. The van der Waals surface area contributed by atoms with Crippen LogP contribution in [0.2, 0.25) is 10.0 Å². The number of carbonyl (C=O) groups excluding carboxylic acids is 2. The van der Waals surface area contributed by atoms with Gasteiger partial charge in [0.1, 0.15) is 6.04 Å². The highest BCUT2D eigenvalue weighted by molar-refractivity contribution is 6.34. The zero-order valence-electron chi connectivity index (χ0n) is 15.1. The standard InChI is InChI=1S/C19H18Cl2N4O3/c1-10-14(8-9-15(22-3)16(10)21)23-17(11(2)26)19(28)25-24-18(27)12-4-6-13(20)7-5-12/h4-9,11,17,23,26H,1-2H3,(H,24,27)(H,25,28)/t11-,17+/m0/s1. The summed E-state index contributed by atoms with van der Waals surface area (Å²) in [6, 6.07) is 8.18. The lowest BCUT2D eigenvalue weighted by molar-refractivity contribution is -0.124. The van der Waals surface area contributed by atoms with Gasteiger partial charge in [-0.15, -0.1) is 0 Å². The smallest absolute Gasteiger partial charge is 0.269 e. The third kappa shape index (κ3) is 5.14. The molecule has 7 nitrogen and oxygen atoms in total. The summed E-state index contributed by atoms with van der Waals surface area (Å²) in [5.74, 6) is -1.18. The molecule has 0 heterocycles. The Bertz CT molecular complexity index is 924. The molecule has 4 N–H and O–H groups in total. The topological polar surface area (TPSA) is 94.8 Å². The molecule has 2 aromatic rings. The molecule has 0 unspecified atom stereocenters. The van der Waals surface area contributed by atoms with Crippen molar-refractivity contribution in [3.63, 3.8) is 0 Å². The Hall–Kier alpha value is -2.79. The van der Waals surface area contributed by atoms with Gasteiger partial charge in [0, 0.05) is 16.3 Å². The molecular weight excluding hydrogens is 403 g/mol. The van der Waals surface area contributed by atoms with Gasteiger partial charge in [0.15, 0.2) is 0 Å². The summed E-state index contributed by atoms with van der Waals surface area (Å²) in [5.41, 5.74) is 6.22.